The highest BCUT2D eigenvalue weighted by molar-refractivity contribution is 7.22. The average Bonchev–Trinajstić information content (AvgIpc) is 3.03. The normalized spacial score (nSPS) is 18.6. The van der Waals surface area contributed by atoms with E-state index in [1.165, 1.54) is 11.3 Å². The molecule has 1 fully saturated rings. The van der Waals surface area contributed by atoms with Gasteiger partial charge in [-0.3, -0.25) is 0 Å². The zero-order valence-electron chi connectivity index (χ0n) is 17.1. The van der Waals surface area contributed by atoms with Gasteiger partial charge >= 0.3 is 5.97 Å². The lowest BCUT2D eigenvalue weighted by molar-refractivity contribution is 0.0699. The van der Waals surface area contributed by atoms with E-state index >= 15 is 0 Å². The summed E-state index contributed by atoms with van der Waals surface area (Å²) in [6, 6.07) is 9.48. The van der Waals surface area contributed by atoms with E-state index in [-0.39, 0.29) is 17.1 Å². The van der Waals surface area contributed by atoms with Gasteiger partial charge in [0.15, 0.2) is 0 Å². The van der Waals surface area contributed by atoms with Gasteiger partial charge in [0.05, 0.1) is 16.1 Å². The van der Waals surface area contributed by atoms with Gasteiger partial charge in [-0.25, -0.2) is 14.8 Å². The van der Waals surface area contributed by atoms with Crippen molar-refractivity contribution in [1.29, 1.82) is 0 Å². The monoisotopic (exact) mass is 410 g/mol. The molecule has 2 aromatic heterocycles. The third-order valence-electron chi connectivity index (χ3n) is 5.21. The van der Waals surface area contributed by atoms with Gasteiger partial charge in [-0.15, -0.1) is 11.3 Å². The largest absolute Gasteiger partial charge is 0.478 e. The Labute approximate surface area is 174 Å². The van der Waals surface area contributed by atoms with Gasteiger partial charge in [-0.2, -0.15) is 0 Å². The molecule has 0 aliphatic carbocycles. The summed E-state index contributed by atoms with van der Waals surface area (Å²) in [7, 11) is 0. The summed E-state index contributed by atoms with van der Waals surface area (Å²) in [5.74, 6) is -0.304. The number of carboxylic acids is 1. The van der Waals surface area contributed by atoms with E-state index in [0.717, 1.165) is 33.5 Å². The molecule has 0 spiro atoms. The first-order valence-electron chi connectivity index (χ1n) is 9.77. The lowest BCUT2D eigenvalue weighted by atomic mass is 9.80. The number of nitrogens with zero attached hydrogens (tertiary/aromatic N) is 2. The molecule has 6 nitrogen and oxygen atoms in total. The van der Waals surface area contributed by atoms with Crippen LogP contribution < -0.4 is 10.6 Å². The first-order valence-corrected chi connectivity index (χ1v) is 10.6. The number of anilines is 1. The number of carbonyl (C=O) groups is 1. The molecule has 1 saturated heterocycles. The van der Waals surface area contributed by atoms with E-state index in [0.29, 0.717) is 11.5 Å². The molecule has 0 bridgehead atoms. The molecule has 29 heavy (non-hydrogen) atoms. The molecule has 0 saturated carbocycles. The summed E-state index contributed by atoms with van der Waals surface area (Å²) >= 11 is 1.45. The lowest BCUT2D eigenvalue weighted by Gasteiger charge is -2.46. The summed E-state index contributed by atoms with van der Waals surface area (Å²) in [6.45, 7) is 8.88. The molecule has 3 N–H and O–H groups in total. The smallest absolute Gasteiger partial charge is 0.337 e. The predicted octanol–water partition coefficient (Wildman–Crippen LogP) is 4.78. The van der Waals surface area contributed by atoms with Gasteiger partial charge in [-0.05, 0) is 64.1 Å². The first-order chi connectivity index (χ1) is 13.6. The van der Waals surface area contributed by atoms with Crippen LogP contribution in [0.2, 0.25) is 0 Å². The predicted molar refractivity (Wildman–Crippen MR) is 118 cm³/mol. The van der Waals surface area contributed by atoms with E-state index < -0.39 is 5.97 Å². The summed E-state index contributed by atoms with van der Waals surface area (Å²) in [4.78, 5) is 21.6. The maximum absolute atomic E-state index is 11.5. The number of thiophene rings is 1. The van der Waals surface area contributed by atoms with Gasteiger partial charge in [0.2, 0.25) is 5.95 Å². The number of carboxylic acid groups (broad SMARTS) is 1. The number of benzene rings is 1. The van der Waals surface area contributed by atoms with Crippen LogP contribution in [0.4, 0.5) is 5.95 Å². The fourth-order valence-electron chi connectivity index (χ4n) is 4.53. The zero-order valence-corrected chi connectivity index (χ0v) is 17.9. The van der Waals surface area contributed by atoms with Crippen LogP contribution in [0.1, 0.15) is 50.9 Å². The van der Waals surface area contributed by atoms with Crippen molar-refractivity contribution < 1.29 is 9.90 Å². The molecule has 0 radical (unpaired) electrons. The Bertz CT molecular complexity index is 1060. The van der Waals surface area contributed by atoms with Crippen LogP contribution in [0.3, 0.4) is 0 Å². The second-order valence-electron chi connectivity index (χ2n) is 9.05. The minimum absolute atomic E-state index is 0.0374. The summed E-state index contributed by atoms with van der Waals surface area (Å²) in [5.41, 5.74) is 1.20. The van der Waals surface area contributed by atoms with Gasteiger partial charge < -0.3 is 15.7 Å². The Morgan fingerprint density at radius 1 is 1.21 bits per heavy atom. The topological polar surface area (TPSA) is 87.1 Å². The Kier molecular flexibility index (Phi) is 4.83. The van der Waals surface area contributed by atoms with Gasteiger partial charge in [0, 0.05) is 28.0 Å². The minimum Gasteiger partial charge on any atom is -0.478 e. The highest BCUT2D eigenvalue weighted by atomic mass is 32.1. The van der Waals surface area contributed by atoms with E-state index in [2.05, 4.69) is 43.3 Å². The number of piperidine rings is 1. The lowest BCUT2D eigenvalue weighted by Crippen LogP contribution is -2.60. The zero-order chi connectivity index (χ0) is 20.8. The van der Waals surface area contributed by atoms with E-state index in [1.54, 1.807) is 18.3 Å². The van der Waals surface area contributed by atoms with Crippen molar-refractivity contribution in [2.24, 2.45) is 0 Å². The van der Waals surface area contributed by atoms with Crippen molar-refractivity contribution in [2.75, 3.05) is 5.32 Å². The highest BCUT2D eigenvalue weighted by Gasteiger charge is 2.37. The van der Waals surface area contributed by atoms with E-state index in [9.17, 15) is 9.90 Å². The third kappa shape index (κ3) is 4.26. The molecule has 3 heterocycles. The van der Waals surface area contributed by atoms with Crippen molar-refractivity contribution in [3.05, 3.63) is 42.1 Å². The second-order valence-corrected chi connectivity index (χ2v) is 10.1. The maximum Gasteiger partial charge on any atom is 0.337 e. The molecular weight excluding hydrogens is 384 g/mol. The highest BCUT2D eigenvalue weighted by Crippen LogP contribution is 2.35. The van der Waals surface area contributed by atoms with Gasteiger partial charge in [0.1, 0.15) is 0 Å². The number of nitrogens with one attached hydrogen (secondary N) is 2. The Balaban J connectivity index is 1.62. The van der Waals surface area contributed by atoms with E-state index in [4.69, 9.17) is 4.98 Å². The molecule has 7 heteroatoms. The molecular formula is C22H26N4O2S. The van der Waals surface area contributed by atoms with Crippen molar-refractivity contribution in [2.45, 2.75) is 57.7 Å². The third-order valence-corrected chi connectivity index (χ3v) is 6.41. The summed E-state index contributed by atoms with van der Waals surface area (Å²) in [5, 5.41) is 17.6. The Hall–Kier alpha value is -2.51. The number of hydrogen-bond acceptors (Lipinski definition) is 6. The molecule has 1 aliphatic rings. The first kappa shape index (κ1) is 19.8. The Morgan fingerprint density at radius 2 is 1.93 bits per heavy atom. The molecule has 4 rings (SSSR count). The fourth-order valence-corrected chi connectivity index (χ4v) is 5.66. The fraction of sp³-hybridized carbons (Fsp3) is 0.409. The maximum atomic E-state index is 11.5. The molecule has 0 amide bonds. The van der Waals surface area contributed by atoms with Crippen LogP contribution in [0, 0.1) is 0 Å². The minimum atomic E-state index is -0.912. The molecule has 1 aliphatic heterocycles. The molecule has 0 unspecified atom stereocenters. The standard InChI is InChI=1S/C22H26N4O2S/c1-21(2)11-14(12-22(3,4)26-21)24-20-23-9-8-16(25-20)17-10-13-6-5-7-15(19(27)28)18(13)29-17/h5-10,14,26H,11-12H2,1-4H3,(H,27,28)(H,23,24,25). The molecule has 0 atom stereocenters. The van der Waals surface area contributed by atoms with Gasteiger partial charge in [0.25, 0.3) is 0 Å². The van der Waals surface area contributed by atoms with Crippen LogP contribution in [0.25, 0.3) is 20.7 Å². The van der Waals surface area contributed by atoms with Crippen molar-refractivity contribution in [1.82, 2.24) is 15.3 Å². The van der Waals surface area contributed by atoms with Crippen LogP contribution in [-0.2, 0) is 0 Å². The van der Waals surface area contributed by atoms with E-state index in [1.807, 2.05) is 18.2 Å². The SMILES string of the molecule is CC1(C)CC(Nc2nccc(-c3cc4cccc(C(=O)O)c4s3)n2)CC(C)(C)N1. The van der Waals surface area contributed by atoms with Crippen LogP contribution in [-0.4, -0.2) is 38.2 Å². The Morgan fingerprint density at radius 3 is 2.62 bits per heavy atom. The van der Waals surface area contributed by atoms with Gasteiger partial charge in [-0.1, -0.05) is 12.1 Å². The number of hydrogen-bond donors (Lipinski definition) is 3. The summed E-state index contributed by atoms with van der Waals surface area (Å²) in [6.07, 6.45) is 3.72. The molecule has 1 aromatic carbocycles. The summed E-state index contributed by atoms with van der Waals surface area (Å²) < 4.78 is 0.768. The second kappa shape index (κ2) is 7.07. The van der Waals surface area contributed by atoms with Crippen LogP contribution >= 0.6 is 11.3 Å². The number of aromatic nitrogens is 2. The van der Waals surface area contributed by atoms with Crippen LogP contribution in [0.5, 0.6) is 0 Å². The van der Waals surface area contributed by atoms with Crippen LogP contribution in [0.15, 0.2) is 36.5 Å². The molecule has 152 valence electrons. The molecule has 3 aromatic rings. The number of aromatic carboxylic acids is 1. The average molecular weight is 411 g/mol. The van der Waals surface area contributed by atoms with Crippen molar-refractivity contribution in [3.63, 3.8) is 0 Å². The quantitative estimate of drug-likeness (QED) is 0.574. The number of rotatable bonds is 4. The van der Waals surface area contributed by atoms with Crippen molar-refractivity contribution >= 4 is 33.3 Å². The van der Waals surface area contributed by atoms with Crippen molar-refractivity contribution in [3.8, 4) is 10.6 Å². The number of fused-ring (bicyclic) bond motifs is 1.